The van der Waals surface area contributed by atoms with Gasteiger partial charge in [0.15, 0.2) is 16.6 Å². The first-order valence-corrected chi connectivity index (χ1v) is 10.1. The highest BCUT2D eigenvalue weighted by Gasteiger charge is 2.14. The molecule has 4 rings (SSSR count). The lowest BCUT2D eigenvalue weighted by Gasteiger charge is -2.08. The molecule has 7 heteroatoms. The molecule has 0 saturated carbocycles. The van der Waals surface area contributed by atoms with Gasteiger partial charge >= 0.3 is 0 Å². The molecule has 0 aliphatic rings. The van der Waals surface area contributed by atoms with E-state index in [2.05, 4.69) is 31.0 Å². The van der Waals surface area contributed by atoms with E-state index in [1.807, 2.05) is 32.2 Å². The Balaban J connectivity index is 1.43. The third-order valence-electron chi connectivity index (χ3n) is 4.48. The van der Waals surface area contributed by atoms with Crippen LogP contribution in [0.2, 0.25) is 0 Å². The van der Waals surface area contributed by atoms with E-state index in [9.17, 15) is 4.79 Å². The van der Waals surface area contributed by atoms with Gasteiger partial charge in [0.1, 0.15) is 0 Å². The fourth-order valence-electron chi connectivity index (χ4n) is 3.06. The van der Waals surface area contributed by atoms with Gasteiger partial charge in [0.25, 0.3) is 0 Å². The quantitative estimate of drug-likeness (QED) is 0.443. The molecule has 0 amide bonds. The molecule has 0 unspecified atom stereocenters. The van der Waals surface area contributed by atoms with Crippen LogP contribution >= 0.6 is 11.3 Å². The molecule has 0 spiro atoms. The summed E-state index contributed by atoms with van der Waals surface area (Å²) < 4.78 is 0. The number of carbonyl (C=O) groups excluding carboxylic acids is 1. The molecule has 0 aliphatic heterocycles. The van der Waals surface area contributed by atoms with Gasteiger partial charge in [0, 0.05) is 48.7 Å². The number of rotatable bonds is 6. The first kappa shape index (κ1) is 19.0. The zero-order valence-electron chi connectivity index (χ0n) is 16.2. The molecule has 4 heterocycles. The molecule has 0 N–H and O–H groups in total. The summed E-state index contributed by atoms with van der Waals surface area (Å²) >= 11 is 1.33. The van der Waals surface area contributed by atoms with Crippen molar-refractivity contribution in [1.82, 2.24) is 24.9 Å². The van der Waals surface area contributed by atoms with Gasteiger partial charge in [0.2, 0.25) is 0 Å². The summed E-state index contributed by atoms with van der Waals surface area (Å²) in [7, 11) is 0. The Morgan fingerprint density at radius 3 is 2.55 bits per heavy atom. The van der Waals surface area contributed by atoms with Gasteiger partial charge in [-0.05, 0) is 49.6 Å². The number of hydrogen-bond donors (Lipinski definition) is 0. The van der Waals surface area contributed by atoms with Crippen molar-refractivity contribution >= 4 is 17.1 Å². The summed E-state index contributed by atoms with van der Waals surface area (Å²) in [4.78, 5) is 34.8. The van der Waals surface area contributed by atoms with E-state index in [1.165, 1.54) is 11.3 Å². The fourth-order valence-corrected chi connectivity index (χ4v) is 3.89. The molecule has 4 aromatic heterocycles. The van der Waals surface area contributed by atoms with E-state index in [0.717, 1.165) is 33.0 Å². The van der Waals surface area contributed by atoms with Crippen LogP contribution < -0.4 is 0 Å². The zero-order chi connectivity index (χ0) is 20.2. The highest BCUT2D eigenvalue weighted by Crippen LogP contribution is 2.25. The lowest BCUT2D eigenvalue weighted by atomic mass is 10.0. The standard InChI is InChI=1S/C22H19N5OS/c1-14-10-16(12-26-20(14)17-6-9-23-15(2)11-17)4-5-18(28)22-27-13-19(29-22)21-24-7-3-8-25-21/h3,6-13H,4-5H2,1-2H3. The number of carbonyl (C=O) groups is 1. The second-order valence-electron chi connectivity index (χ2n) is 6.72. The maximum absolute atomic E-state index is 12.6. The Morgan fingerprint density at radius 2 is 1.79 bits per heavy atom. The first-order valence-electron chi connectivity index (χ1n) is 9.25. The van der Waals surface area contributed by atoms with E-state index in [1.54, 1.807) is 30.9 Å². The SMILES string of the molecule is Cc1cc(-c2ncc(CCC(=O)c3ncc(-c4ncccn4)s3)cc2C)ccn1. The van der Waals surface area contributed by atoms with E-state index >= 15 is 0 Å². The van der Waals surface area contributed by atoms with Crippen LogP contribution in [0.1, 0.15) is 33.0 Å². The first-order chi connectivity index (χ1) is 14.1. The Labute approximate surface area is 172 Å². The van der Waals surface area contributed by atoms with Gasteiger partial charge in [-0.2, -0.15) is 0 Å². The largest absolute Gasteiger partial charge is 0.292 e. The van der Waals surface area contributed by atoms with Crippen molar-refractivity contribution in [3.63, 3.8) is 0 Å². The third kappa shape index (κ3) is 4.41. The lowest BCUT2D eigenvalue weighted by Crippen LogP contribution is -2.01. The molecule has 0 atom stereocenters. The summed E-state index contributed by atoms with van der Waals surface area (Å²) in [6.45, 7) is 4.00. The summed E-state index contributed by atoms with van der Waals surface area (Å²) in [5, 5.41) is 0.487. The zero-order valence-corrected chi connectivity index (χ0v) is 17.0. The smallest absolute Gasteiger partial charge is 0.191 e. The molecule has 0 aliphatic carbocycles. The Bertz CT molecular complexity index is 1160. The van der Waals surface area contributed by atoms with Crippen LogP contribution in [-0.2, 0) is 6.42 Å². The predicted molar refractivity (Wildman–Crippen MR) is 113 cm³/mol. The van der Waals surface area contributed by atoms with Crippen LogP contribution in [-0.4, -0.2) is 30.7 Å². The average molecular weight is 401 g/mol. The van der Waals surface area contributed by atoms with Crippen molar-refractivity contribution in [2.75, 3.05) is 0 Å². The average Bonchev–Trinajstić information content (AvgIpc) is 3.23. The summed E-state index contributed by atoms with van der Waals surface area (Å²) in [6.07, 6.45) is 9.66. The third-order valence-corrected chi connectivity index (χ3v) is 5.51. The molecule has 0 radical (unpaired) electrons. The van der Waals surface area contributed by atoms with Gasteiger partial charge in [-0.15, -0.1) is 11.3 Å². The molecule has 29 heavy (non-hydrogen) atoms. The summed E-state index contributed by atoms with van der Waals surface area (Å²) in [5.74, 6) is 0.606. The van der Waals surface area contributed by atoms with Crippen molar-refractivity contribution < 1.29 is 4.79 Å². The number of hydrogen-bond acceptors (Lipinski definition) is 7. The Kier molecular flexibility index (Phi) is 5.48. The minimum atomic E-state index is 0.0173. The minimum absolute atomic E-state index is 0.0173. The molecular weight excluding hydrogens is 382 g/mol. The van der Waals surface area contributed by atoms with Gasteiger partial charge in [0.05, 0.1) is 10.6 Å². The molecule has 0 aromatic carbocycles. The summed E-state index contributed by atoms with van der Waals surface area (Å²) in [5.41, 5.74) is 5.07. The van der Waals surface area contributed by atoms with Crippen molar-refractivity contribution in [3.05, 3.63) is 77.1 Å². The lowest BCUT2D eigenvalue weighted by molar-refractivity contribution is 0.0982. The molecule has 6 nitrogen and oxygen atoms in total. The number of thiazole rings is 1. The molecule has 0 bridgehead atoms. The number of aromatic nitrogens is 5. The van der Waals surface area contributed by atoms with Crippen molar-refractivity contribution in [1.29, 1.82) is 0 Å². The molecule has 0 saturated heterocycles. The van der Waals surface area contributed by atoms with E-state index in [0.29, 0.717) is 23.7 Å². The maximum atomic E-state index is 12.6. The number of ketones is 1. The second kappa shape index (κ2) is 8.36. The van der Waals surface area contributed by atoms with Crippen LogP contribution in [0.5, 0.6) is 0 Å². The highest BCUT2D eigenvalue weighted by molar-refractivity contribution is 7.16. The van der Waals surface area contributed by atoms with Crippen LogP contribution in [0.15, 0.2) is 55.2 Å². The van der Waals surface area contributed by atoms with E-state index in [-0.39, 0.29) is 5.78 Å². The number of nitrogens with zero attached hydrogens (tertiary/aromatic N) is 5. The van der Waals surface area contributed by atoms with Crippen molar-refractivity contribution in [2.45, 2.75) is 26.7 Å². The van der Waals surface area contributed by atoms with Gasteiger partial charge in [-0.3, -0.25) is 14.8 Å². The van der Waals surface area contributed by atoms with Crippen molar-refractivity contribution in [2.24, 2.45) is 0 Å². The van der Waals surface area contributed by atoms with Crippen LogP contribution in [0.3, 0.4) is 0 Å². The highest BCUT2D eigenvalue weighted by atomic mass is 32.1. The number of pyridine rings is 2. The monoisotopic (exact) mass is 401 g/mol. The van der Waals surface area contributed by atoms with Gasteiger partial charge in [-0.25, -0.2) is 15.0 Å². The fraction of sp³-hybridized carbons (Fsp3) is 0.182. The topological polar surface area (TPSA) is 81.5 Å². The summed E-state index contributed by atoms with van der Waals surface area (Å²) in [6, 6.07) is 7.83. The van der Waals surface area contributed by atoms with E-state index < -0.39 is 0 Å². The minimum Gasteiger partial charge on any atom is -0.292 e. The van der Waals surface area contributed by atoms with Crippen LogP contribution in [0.4, 0.5) is 0 Å². The molecular formula is C22H19N5OS. The molecule has 4 aromatic rings. The number of aryl methyl sites for hydroxylation is 3. The van der Waals surface area contributed by atoms with Gasteiger partial charge < -0.3 is 0 Å². The predicted octanol–water partition coefficient (Wildman–Crippen LogP) is 4.49. The number of Topliss-reactive ketones (excluding diaryl/α,β-unsaturated/α-hetero) is 1. The van der Waals surface area contributed by atoms with E-state index in [4.69, 9.17) is 0 Å². The normalized spacial score (nSPS) is 10.8. The second-order valence-corrected chi connectivity index (χ2v) is 7.75. The van der Waals surface area contributed by atoms with Crippen LogP contribution in [0.25, 0.3) is 22.0 Å². The molecule has 144 valence electrons. The Morgan fingerprint density at radius 1 is 0.966 bits per heavy atom. The van der Waals surface area contributed by atoms with Crippen LogP contribution in [0, 0.1) is 13.8 Å². The van der Waals surface area contributed by atoms with Gasteiger partial charge in [-0.1, -0.05) is 6.07 Å². The maximum Gasteiger partial charge on any atom is 0.191 e. The van der Waals surface area contributed by atoms with Crippen molar-refractivity contribution in [3.8, 4) is 22.0 Å². The molecule has 0 fully saturated rings. The Hall–Kier alpha value is -3.32.